The molecule has 0 radical (unpaired) electrons. The van der Waals surface area contributed by atoms with Crippen molar-refractivity contribution in [1.29, 1.82) is 0 Å². The zero-order chi connectivity index (χ0) is 12.4. The molecule has 0 bridgehead atoms. The number of hydrogen-bond donors (Lipinski definition) is 1. The van der Waals surface area contributed by atoms with Crippen LogP contribution in [0.4, 0.5) is 0 Å². The van der Waals surface area contributed by atoms with Gasteiger partial charge in [-0.25, -0.2) is 4.98 Å². The molecule has 0 fully saturated rings. The third-order valence-corrected chi connectivity index (χ3v) is 2.81. The van der Waals surface area contributed by atoms with Crippen LogP contribution in [-0.2, 0) is 4.79 Å². The maximum absolute atomic E-state index is 11.4. The first-order valence-corrected chi connectivity index (χ1v) is 5.89. The largest absolute Gasteiger partial charge is 0.346 e. The number of likely N-dealkylation sites (N-methyl/N-ethyl adjacent to an activating group) is 1. The number of aromatic nitrogens is 2. The van der Waals surface area contributed by atoms with Gasteiger partial charge in [-0.1, -0.05) is 0 Å². The van der Waals surface area contributed by atoms with Crippen LogP contribution in [-0.4, -0.2) is 34.9 Å². The van der Waals surface area contributed by atoms with Crippen molar-refractivity contribution in [3.8, 4) is 0 Å². The van der Waals surface area contributed by atoms with Gasteiger partial charge in [0, 0.05) is 48.0 Å². The van der Waals surface area contributed by atoms with E-state index in [1.54, 1.807) is 32.4 Å². The molecular weight excluding hydrogens is 282 g/mol. The number of H-pyrrole nitrogens is 1. The Kier molecular flexibility index (Phi) is 3.28. The van der Waals surface area contributed by atoms with Crippen LogP contribution in [0.3, 0.4) is 0 Å². The minimum Gasteiger partial charge on any atom is -0.346 e. The van der Waals surface area contributed by atoms with Gasteiger partial charge in [0.05, 0.1) is 0 Å². The summed E-state index contributed by atoms with van der Waals surface area (Å²) in [4.78, 5) is 20.3. The molecule has 0 spiro atoms. The second-order valence-electron chi connectivity index (χ2n) is 3.86. The molecule has 5 heteroatoms. The summed E-state index contributed by atoms with van der Waals surface area (Å²) in [6.07, 6.45) is 6.90. The van der Waals surface area contributed by atoms with Crippen molar-refractivity contribution in [2.75, 3.05) is 14.1 Å². The molecule has 4 nitrogen and oxygen atoms in total. The van der Waals surface area contributed by atoms with Crippen LogP contribution in [0.1, 0.15) is 5.56 Å². The lowest BCUT2D eigenvalue weighted by Gasteiger charge is -2.04. The van der Waals surface area contributed by atoms with Gasteiger partial charge in [0.2, 0.25) is 5.91 Å². The van der Waals surface area contributed by atoms with Crippen LogP contribution >= 0.6 is 15.9 Å². The van der Waals surface area contributed by atoms with Crippen LogP contribution in [0, 0.1) is 0 Å². The molecule has 0 aliphatic carbocycles. The second kappa shape index (κ2) is 4.71. The molecule has 2 aromatic rings. The van der Waals surface area contributed by atoms with Crippen molar-refractivity contribution >= 4 is 38.9 Å². The Morgan fingerprint density at radius 1 is 1.53 bits per heavy atom. The van der Waals surface area contributed by atoms with Crippen LogP contribution < -0.4 is 0 Å². The highest BCUT2D eigenvalue weighted by molar-refractivity contribution is 9.10. The summed E-state index contributed by atoms with van der Waals surface area (Å²) in [5.74, 6) is -0.0395. The number of fused-ring (bicyclic) bond motifs is 1. The number of aromatic amines is 1. The summed E-state index contributed by atoms with van der Waals surface area (Å²) in [6, 6.07) is 1.97. The van der Waals surface area contributed by atoms with E-state index in [0.29, 0.717) is 0 Å². The van der Waals surface area contributed by atoms with E-state index in [2.05, 4.69) is 25.9 Å². The third kappa shape index (κ3) is 2.55. The standard InChI is InChI=1S/C12H12BrN3O/c1-16(2)11(17)4-3-8-6-14-12-10(8)5-9(13)7-15-12/h3-7H,1-2H3,(H,14,15)/b4-3+. The quantitative estimate of drug-likeness (QED) is 0.865. The first kappa shape index (κ1) is 11.9. The normalized spacial score (nSPS) is 11.2. The number of amides is 1. The molecule has 2 heterocycles. The van der Waals surface area contributed by atoms with E-state index < -0.39 is 0 Å². The molecule has 17 heavy (non-hydrogen) atoms. The molecule has 0 saturated carbocycles. The first-order valence-electron chi connectivity index (χ1n) is 5.10. The van der Waals surface area contributed by atoms with Crippen molar-refractivity contribution in [1.82, 2.24) is 14.9 Å². The molecule has 88 valence electrons. The van der Waals surface area contributed by atoms with Gasteiger partial charge in [0.25, 0.3) is 0 Å². The Bertz CT molecular complexity index is 586. The van der Waals surface area contributed by atoms with Gasteiger partial charge in [-0.05, 0) is 28.1 Å². The fourth-order valence-electron chi connectivity index (χ4n) is 1.45. The molecule has 1 N–H and O–H groups in total. The number of pyridine rings is 1. The minimum atomic E-state index is -0.0395. The summed E-state index contributed by atoms with van der Waals surface area (Å²) >= 11 is 3.38. The number of nitrogens with zero attached hydrogens (tertiary/aromatic N) is 2. The van der Waals surface area contributed by atoms with Crippen molar-refractivity contribution in [3.63, 3.8) is 0 Å². The van der Waals surface area contributed by atoms with Crippen LogP contribution in [0.15, 0.2) is 29.0 Å². The van der Waals surface area contributed by atoms with Gasteiger partial charge < -0.3 is 9.88 Å². The molecule has 0 aliphatic heterocycles. The number of rotatable bonds is 2. The highest BCUT2D eigenvalue weighted by atomic mass is 79.9. The van der Waals surface area contributed by atoms with Gasteiger partial charge in [-0.3, -0.25) is 4.79 Å². The number of halogens is 1. The van der Waals surface area contributed by atoms with Gasteiger partial charge in [0.15, 0.2) is 0 Å². The van der Waals surface area contributed by atoms with E-state index in [9.17, 15) is 4.79 Å². The molecular formula is C12H12BrN3O. The Labute approximate surface area is 107 Å². The van der Waals surface area contributed by atoms with Crippen molar-refractivity contribution in [2.45, 2.75) is 0 Å². The molecule has 1 amide bonds. The van der Waals surface area contributed by atoms with Crippen LogP contribution in [0.5, 0.6) is 0 Å². The van der Waals surface area contributed by atoms with Gasteiger partial charge in [-0.15, -0.1) is 0 Å². The molecule has 0 aliphatic rings. The first-order chi connectivity index (χ1) is 8.08. The number of carbonyl (C=O) groups is 1. The molecule has 0 saturated heterocycles. The summed E-state index contributed by atoms with van der Waals surface area (Å²) < 4.78 is 0.915. The number of nitrogens with one attached hydrogen (secondary N) is 1. The topological polar surface area (TPSA) is 49.0 Å². The summed E-state index contributed by atoms with van der Waals surface area (Å²) in [5, 5.41) is 0.988. The number of carbonyl (C=O) groups excluding carboxylic acids is 1. The fourth-order valence-corrected chi connectivity index (χ4v) is 1.78. The Balaban J connectivity index is 2.36. The van der Waals surface area contributed by atoms with Crippen LogP contribution in [0.2, 0.25) is 0 Å². The maximum atomic E-state index is 11.4. The lowest BCUT2D eigenvalue weighted by atomic mass is 10.2. The monoisotopic (exact) mass is 293 g/mol. The lowest BCUT2D eigenvalue weighted by molar-refractivity contribution is -0.123. The highest BCUT2D eigenvalue weighted by Gasteiger charge is 2.03. The number of hydrogen-bond acceptors (Lipinski definition) is 2. The van der Waals surface area contributed by atoms with E-state index in [1.165, 1.54) is 4.90 Å². The molecule has 0 unspecified atom stereocenters. The van der Waals surface area contributed by atoms with Crippen molar-refractivity contribution < 1.29 is 4.79 Å². The Morgan fingerprint density at radius 3 is 3.00 bits per heavy atom. The summed E-state index contributed by atoms with van der Waals surface area (Å²) in [7, 11) is 3.44. The van der Waals surface area contributed by atoms with E-state index in [-0.39, 0.29) is 5.91 Å². The zero-order valence-electron chi connectivity index (χ0n) is 9.57. The molecule has 0 aromatic carbocycles. The predicted molar refractivity (Wildman–Crippen MR) is 71.5 cm³/mol. The Morgan fingerprint density at radius 2 is 2.29 bits per heavy atom. The van der Waals surface area contributed by atoms with E-state index in [4.69, 9.17) is 0 Å². The van der Waals surface area contributed by atoms with E-state index >= 15 is 0 Å². The highest BCUT2D eigenvalue weighted by Crippen LogP contribution is 2.21. The Hall–Kier alpha value is -1.62. The summed E-state index contributed by atoms with van der Waals surface area (Å²) in [5.41, 5.74) is 1.76. The SMILES string of the molecule is CN(C)C(=O)/C=C/c1c[nH]c2ncc(Br)cc12. The average molecular weight is 294 g/mol. The van der Waals surface area contributed by atoms with Crippen molar-refractivity contribution in [2.24, 2.45) is 0 Å². The van der Waals surface area contributed by atoms with Gasteiger partial charge in [0.1, 0.15) is 5.65 Å². The predicted octanol–water partition coefficient (Wildman–Crippen LogP) is 2.43. The zero-order valence-corrected chi connectivity index (χ0v) is 11.2. The van der Waals surface area contributed by atoms with E-state index in [0.717, 1.165) is 21.1 Å². The van der Waals surface area contributed by atoms with Gasteiger partial charge in [-0.2, -0.15) is 0 Å². The molecule has 0 atom stereocenters. The fraction of sp³-hybridized carbons (Fsp3) is 0.167. The second-order valence-corrected chi connectivity index (χ2v) is 4.78. The minimum absolute atomic E-state index is 0.0395. The van der Waals surface area contributed by atoms with Crippen molar-refractivity contribution in [3.05, 3.63) is 34.6 Å². The summed E-state index contributed by atoms with van der Waals surface area (Å²) in [6.45, 7) is 0. The van der Waals surface area contributed by atoms with E-state index in [1.807, 2.05) is 12.3 Å². The lowest BCUT2D eigenvalue weighted by Crippen LogP contribution is -2.18. The smallest absolute Gasteiger partial charge is 0.246 e. The average Bonchev–Trinajstić information content (AvgIpc) is 2.68. The van der Waals surface area contributed by atoms with Gasteiger partial charge >= 0.3 is 0 Å². The van der Waals surface area contributed by atoms with Crippen LogP contribution in [0.25, 0.3) is 17.1 Å². The molecule has 2 rings (SSSR count). The third-order valence-electron chi connectivity index (χ3n) is 2.38. The molecule has 2 aromatic heterocycles. The maximum Gasteiger partial charge on any atom is 0.246 e.